The van der Waals surface area contributed by atoms with E-state index in [2.05, 4.69) is 16.0 Å². The molecule has 0 radical (unpaired) electrons. The second kappa shape index (κ2) is 6.43. The van der Waals surface area contributed by atoms with E-state index < -0.39 is 18.2 Å². The third-order valence-electron chi connectivity index (χ3n) is 6.17. The van der Waals surface area contributed by atoms with Crippen LogP contribution in [0.15, 0.2) is 73.1 Å². The summed E-state index contributed by atoms with van der Waals surface area (Å²) < 4.78 is 6.38. The van der Waals surface area contributed by atoms with Gasteiger partial charge in [-0.3, -0.25) is 9.78 Å². The van der Waals surface area contributed by atoms with Gasteiger partial charge in [0.1, 0.15) is 11.8 Å². The van der Waals surface area contributed by atoms with Gasteiger partial charge < -0.3 is 14.8 Å². The maximum atomic E-state index is 12.4. The Morgan fingerprint density at radius 1 is 1.07 bits per heavy atom. The Morgan fingerprint density at radius 3 is 2.67 bits per heavy atom. The number of ether oxygens (including phenoxy) is 1. The first-order valence-corrected chi connectivity index (χ1v) is 9.97. The van der Waals surface area contributed by atoms with E-state index in [-0.39, 0.29) is 6.04 Å². The van der Waals surface area contributed by atoms with Gasteiger partial charge in [-0.05, 0) is 29.8 Å². The minimum Gasteiger partial charge on any atom is -0.480 e. The largest absolute Gasteiger partial charge is 0.480 e. The Hall–Kier alpha value is -3.64. The van der Waals surface area contributed by atoms with Crippen LogP contribution in [-0.2, 0) is 11.2 Å². The quantitative estimate of drug-likeness (QED) is 0.533. The molecule has 6 rings (SSSR count). The molecule has 0 fully saturated rings. The molecule has 0 saturated carbocycles. The lowest BCUT2D eigenvalue weighted by molar-refractivity contribution is -0.152. The fourth-order valence-electron chi connectivity index (χ4n) is 4.89. The van der Waals surface area contributed by atoms with Crippen molar-refractivity contribution < 1.29 is 14.6 Å². The summed E-state index contributed by atoms with van der Waals surface area (Å²) in [7, 11) is 0. The molecule has 4 heterocycles. The number of H-pyrrole nitrogens is 1. The zero-order valence-electron chi connectivity index (χ0n) is 16.0. The van der Waals surface area contributed by atoms with Gasteiger partial charge >= 0.3 is 5.97 Å². The van der Waals surface area contributed by atoms with Crippen LogP contribution < -0.4 is 4.74 Å². The molecule has 0 bridgehead atoms. The topological polar surface area (TPSA) is 78.4 Å². The smallest absolute Gasteiger partial charge is 0.321 e. The van der Waals surface area contributed by atoms with E-state index in [9.17, 15) is 9.90 Å². The number of para-hydroxylation sites is 2. The van der Waals surface area contributed by atoms with Gasteiger partial charge in [0.2, 0.25) is 0 Å². The molecular weight excluding hydrogens is 378 g/mol. The molecule has 3 atom stereocenters. The van der Waals surface area contributed by atoms with Crippen molar-refractivity contribution in [3.8, 4) is 5.75 Å². The number of aromatic amines is 1. The number of aromatic nitrogens is 2. The summed E-state index contributed by atoms with van der Waals surface area (Å²) in [4.78, 5) is 22.1. The van der Waals surface area contributed by atoms with Crippen molar-refractivity contribution in [3.05, 3.63) is 95.4 Å². The number of nitrogens with zero attached hydrogens (tertiary/aromatic N) is 2. The summed E-state index contributed by atoms with van der Waals surface area (Å²) in [6.45, 7) is 0. The van der Waals surface area contributed by atoms with Crippen LogP contribution in [0.2, 0.25) is 0 Å². The number of carboxylic acid groups (broad SMARTS) is 1. The normalized spacial score (nSPS) is 22.6. The molecule has 30 heavy (non-hydrogen) atoms. The highest BCUT2D eigenvalue weighted by Gasteiger charge is 2.48. The van der Waals surface area contributed by atoms with Crippen molar-refractivity contribution in [3.63, 3.8) is 0 Å². The van der Waals surface area contributed by atoms with E-state index >= 15 is 0 Å². The van der Waals surface area contributed by atoms with Gasteiger partial charge in [-0.1, -0.05) is 36.4 Å². The van der Waals surface area contributed by atoms with Gasteiger partial charge in [-0.15, -0.1) is 0 Å². The number of hydrogen-bond donors (Lipinski definition) is 2. The molecule has 0 amide bonds. The predicted molar refractivity (Wildman–Crippen MR) is 111 cm³/mol. The number of hydrogen-bond acceptors (Lipinski definition) is 4. The average molecular weight is 397 g/mol. The molecule has 2 aromatic carbocycles. The molecular formula is C24H19N3O3. The van der Waals surface area contributed by atoms with Crippen LogP contribution in [0.5, 0.6) is 5.75 Å². The highest BCUT2D eigenvalue weighted by atomic mass is 16.5. The average Bonchev–Trinajstić information content (AvgIpc) is 3.17. The molecule has 6 heteroatoms. The van der Waals surface area contributed by atoms with Crippen molar-refractivity contribution in [1.29, 1.82) is 0 Å². The van der Waals surface area contributed by atoms with Gasteiger partial charge in [-0.25, -0.2) is 4.90 Å². The summed E-state index contributed by atoms with van der Waals surface area (Å²) in [6.07, 6.45) is 3.32. The highest BCUT2D eigenvalue weighted by molar-refractivity contribution is 5.87. The summed E-state index contributed by atoms with van der Waals surface area (Å²) in [5, 5.41) is 11.3. The molecule has 0 aliphatic carbocycles. The summed E-state index contributed by atoms with van der Waals surface area (Å²) in [5.41, 5.74) is 5.00. The van der Waals surface area contributed by atoms with E-state index in [1.165, 1.54) is 0 Å². The minimum absolute atomic E-state index is 0.245. The van der Waals surface area contributed by atoms with Gasteiger partial charge in [0.05, 0.1) is 6.04 Å². The van der Waals surface area contributed by atoms with Crippen LogP contribution >= 0.6 is 0 Å². The van der Waals surface area contributed by atoms with Crippen molar-refractivity contribution in [2.24, 2.45) is 0 Å². The zero-order chi connectivity index (χ0) is 20.2. The summed E-state index contributed by atoms with van der Waals surface area (Å²) >= 11 is 0. The molecule has 148 valence electrons. The van der Waals surface area contributed by atoms with E-state index in [4.69, 9.17) is 4.74 Å². The molecule has 4 aromatic rings. The predicted octanol–water partition coefficient (Wildman–Crippen LogP) is 4.05. The standard InChI is InChI=1S/C24H19N3O3/c28-24(29)19-13-17-15-5-1-3-7-18(15)26-21(17)22-16-6-2-4-8-20(16)30-23(27(19)22)14-9-11-25-12-10-14/h1-12,19,22-23,26H,13H2,(H,28,29)/t19-,22-,23+/m1/s1. The van der Waals surface area contributed by atoms with E-state index in [1.54, 1.807) is 12.4 Å². The number of nitrogens with one attached hydrogen (secondary N) is 1. The maximum absolute atomic E-state index is 12.4. The summed E-state index contributed by atoms with van der Waals surface area (Å²) in [5.74, 6) is -0.0748. The van der Waals surface area contributed by atoms with Crippen LogP contribution in [-0.4, -0.2) is 32.0 Å². The molecule has 2 aliphatic heterocycles. The maximum Gasteiger partial charge on any atom is 0.321 e. The third-order valence-corrected chi connectivity index (χ3v) is 6.17. The zero-order valence-corrected chi connectivity index (χ0v) is 16.0. The number of pyridine rings is 1. The second-order valence-electron chi connectivity index (χ2n) is 7.76. The van der Waals surface area contributed by atoms with Crippen molar-refractivity contribution in [1.82, 2.24) is 14.9 Å². The third kappa shape index (κ3) is 2.40. The van der Waals surface area contributed by atoms with Crippen LogP contribution in [0.1, 0.15) is 34.7 Å². The Morgan fingerprint density at radius 2 is 1.83 bits per heavy atom. The van der Waals surface area contributed by atoms with Crippen molar-refractivity contribution in [2.45, 2.75) is 24.7 Å². The number of aliphatic carboxylic acids is 1. The lowest BCUT2D eigenvalue weighted by atomic mass is 9.85. The van der Waals surface area contributed by atoms with Gasteiger partial charge in [0.15, 0.2) is 6.23 Å². The first kappa shape index (κ1) is 17.2. The molecule has 0 unspecified atom stereocenters. The van der Waals surface area contributed by atoms with Gasteiger partial charge in [0.25, 0.3) is 0 Å². The van der Waals surface area contributed by atoms with Crippen molar-refractivity contribution >= 4 is 16.9 Å². The number of fused-ring (bicyclic) bond motifs is 7. The molecule has 6 nitrogen and oxygen atoms in total. The monoisotopic (exact) mass is 397 g/mol. The second-order valence-corrected chi connectivity index (χ2v) is 7.76. The van der Waals surface area contributed by atoms with E-state index in [0.29, 0.717) is 6.42 Å². The summed E-state index contributed by atoms with van der Waals surface area (Å²) in [6, 6.07) is 18.8. The number of carboxylic acids is 1. The lowest BCUT2D eigenvalue weighted by Crippen LogP contribution is -2.53. The van der Waals surface area contributed by atoms with E-state index in [1.807, 2.05) is 59.5 Å². The van der Waals surface area contributed by atoms with Crippen LogP contribution in [0.3, 0.4) is 0 Å². The fourth-order valence-corrected chi connectivity index (χ4v) is 4.89. The SMILES string of the molecule is O=C(O)[C@H]1Cc2c([nH]c3ccccc23)[C@H]2c3ccccc3O[C@@H](c3ccncc3)N21. The van der Waals surface area contributed by atoms with Gasteiger partial charge in [-0.2, -0.15) is 0 Å². The molecule has 0 saturated heterocycles. The molecule has 2 aromatic heterocycles. The van der Waals surface area contributed by atoms with E-state index in [0.717, 1.165) is 39.0 Å². The van der Waals surface area contributed by atoms with Crippen LogP contribution in [0.25, 0.3) is 10.9 Å². The number of benzene rings is 2. The number of carbonyl (C=O) groups is 1. The van der Waals surface area contributed by atoms with Crippen molar-refractivity contribution in [2.75, 3.05) is 0 Å². The Labute approximate surface area is 172 Å². The molecule has 0 spiro atoms. The Balaban J connectivity index is 1.64. The highest BCUT2D eigenvalue weighted by Crippen LogP contribution is 2.50. The fraction of sp³-hybridized carbons (Fsp3) is 0.167. The van der Waals surface area contributed by atoms with Crippen LogP contribution in [0.4, 0.5) is 0 Å². The molecule has 2 N–H and O–H groups in total. The lowest BCUT2D eigenvalue weighted by Gasteiger charge is -2.48. The van der Waals surface area contributed by atoms with Gasteiger partial charge in [0, 0.05) is 46.5 Å². The van der Waals surface area contributed by atoms with Crippen LogP contribution in [0, 0.1) is 0 Å². The first-order valence-electron chi connectivity index (χ1n) is 9.97. The minimum atomic E-state index is -0.849. The first-order chi connectivity index (χ1) is 14.7. The Bertz CT molecular complexity index is 1270. The molecule has 2 aliphatic rings. The number of rotatable bonds is 2. The Kier molecular flexibility index (Phi) is 3.70.